The minimum atomic E-state index is 0.0136. The summed E-state index contributed by atoms with van der Waals surface area (Å²) in [5.41, 5.74) is 1.87. The molecule has 0 aromatic heterocycles. The summed E-state index contributed by atoms with van der Waals surface area (Å²) >= 11 is 9.55. The first-order chi connectivity index (χ1) is 10.1. The van der Waals surface area contributed by atoms with Gasteiger partial charge in [-0.15, -0.1) is 0 Å². The highest BCUT2D eigenvalue weighted by Crippen LogP contribution is 2.30. The number of amides is 1. The molecule has 2 aromatic rings. The van der Waals surface area contributed by atoms with Gasteiger partial charge in [0.1, 0.15) is 0 Å². The zero-order valence-electron chi connectivity index (χ0n) is 11.4. The Morgan fingerprint density at radius 1 is 1.19 bits per heavy atom. The fourth-order valence-corrected chi connectivity index (χ4v) is 3.33. The maximum absolute atomic E-state index is 12.6. The van der Waals surface area contributed by atoms with E-state index in [9.17, 15) is 4.79 Å². The van der Waals surface area contributed by atoms with E-state index in [0.717, 1.165) is 24.0 Å². The van der Waals surface area contributed by atoms with Crippen molar-refractivity contribution in [1.29, 1.82) is 0 Å². The number of hydrogen-bond acceptors (Lipinski definition) is 1. The third kappa shape index (κ3) is 3.14. The lowest BCUT2D eigenvalue weighted by Crippen LogP contribution is -2.28. The van der Waals surface area contributed by atoms with Crippen LogP contribution < -0.4 is 0 Å². The van der Waals surface area contributed by atoms with E-state index in [1.807, 2.05) is 29.2 Å². The van der Waals surface area contributed by atoms with Gasteiger partial charge in [-0.25, -0.2) is 0 Å². The van der Waals surface area contributed by atoms with Crippen LogP contribution in [0.2, 0.25) is 5.02 Å². The summed E-state index contributed by atoms with van der Waals surface area (Å²) in [6.07, 6.45) is 1.00. The molecule has 1 heterocycles. The van der Waals surface area contributed by atoms with Crippen molar-refractivity contribution in [1.82, 2.24) is 4.90 Å². The Kier molecular flexibility index (Phi) is 4.32. The van der Waals surface area contributed by atoms with Crippen LogP contribution in [-0.4, -0.2) is 23.9 Å². The number of carbonyl (C=O) groups excluding carboxylic acids is 1. The molecule has 21 heavy (non-hydrogen) atoms. The van der Waals surface area contributed by atoms with Gasteiger partial charge in [0.2, 0.25) is 0 Å². The second-order valence-electron chi connectivity index (χ2n) is 5.27. The van der Waals surface area contributed by atoms with E-state index >= 15 is 0 Å². The molecule has 2 nitrogen and oxygen atoms in total. The maximum atomic E-state index is 12.6. The van der Waals surface area contributed by atoms with E-state index in [-0.39, 0.29) is 5.91 Å². The molecular weight excluding hydrogens is 350 g/mol. The van der Waals surface area contributed by atoms with Crippen molar-refractivity contribution >= 4 is 33.4 Å². The molecule has 0 bridgehead atoms. The Labute approximate surface area is 137 Å². The molecule has 0 N–H and O–H groups in total. The Balaban J connectivity index is 1.77. The molecule has 1 amide bonds. The minimum Gasteiger partial charge on any atom is -0.338 e. The van der Waals surface area contributed by atoms with Gasteiger partial charge in [0, 0.05) is 23.5 Å². The molecular formula is C17H15BrClNO. The van der Waals surface area contributed by atoms with Crippen LogP contribution in [0.5, 0.6) is 0 Å². The van der Waals surface area contributed by atoms with Crippen molar-refractivity contribution in [2.45, 2.75) is 12.3 Å². The second-order valence-corrected chi connectivity index (χ2v) is 6.59. The molecule has 1 saturated heterocycles. The predicted octanol–water partition coefficient (Wildman–Crippen LogP) is 4.73. The average molecular weight is 365 g/mol. The molecule has 108 valence electrons. The molecule has 1 aliphatic heterocycles. The lowest BCUT2D eigenvalue weighted by molar-refractivity contribution is 0.0791. The number of halogens is 2. The minimum absolute atomic E-state index is 0.0136. The molecule has 0 unspecified atom stereocenters. The highest BCUT2D eigenvalue weighted by Gasteiger charge is 2.28. The van der Waals surface area contributed by atoms with E-state index in [0.29, 0.717) is 16.5 Å². The molecule has 0 saturated carbocycles. The summed E-state index contributed by atoms with van der Waals surface area (Å²) in [4.78, 5) is 14.5. The SMILES string of the molecule is O=C(c1cc(Br)ccc1Cl)N1CC[C@@H](c2ccccc2)C1. The fourth-order valence-electron chi connectivity index (χ4n) is 2.77. The van der Waals surface area contributed by atoms with E-state index in [1.165, 1.54) is 5.56 Å². The highest BCUT2D eigenvalue weighted by molar-refractivity contribution is 9.10. The summed E-state index contributed by atoms with van der Waals surface area (Å²) in [6, 6.07) is 15.8. The van der Waals surface area contributed by atoms with Crippen LogP contribution in [0.1, 0.15) is 28.3 Å². The molecule has 4 heteroatoms. The van der Waals surface area contributed by atoms with Crippen LogP contribution in [0.15, 0.2) is 53.0 Å². The van der Waals surface area contributed by atoms with Gasteiger partial charge in [0.25, 0.3) is 5.91 Å². The molecule has 1 atom stereocenters. The summed E-state index contributed by atoms with van der Waals surface area (Å²) in [5.74, 6) is 0.431. The summed E-state index contributed by atoms with van der Waals surface area (Å²) in [7, 11) is 0. The van der Waals surface area contributed by atoms with Gasteiger partial charge >= 0.3 is 0 Å². The third-order valence-electron chi connectivity index (χ3n) is 3.91. The Morgan fingerprint density at radius 2 is 1.95 bits per heavy atom. The topological polar surface area (TPSA) is 20.3 Å². The number of carbonyl (C=O) groups is 1. The van der Waals surface area contributed by atoms with Crippen molar-refractivity contribution in [3.63, 3.8) is 0 Å². The van der Waals surface area contributed by atoms with Crippen LogP contribution >= 0.6 is 27.5 Å². The smallest absolute Gasteiger partial charge is 0.255 e. The number of hydrogen-bond donors (Lipinski definition) is 0. The van der Waals surface area contributed by atoms with E-state index in [2.05, 4.69) is 28.1 Å². The van der Waals surface area contributed by atoms with Gasteiger partial charge in [0.15, 0.2) is 0 Å². The van der Waals surface area contributed by atoms with Crippen LogP contribution in [0.3, 0.4) is 0 Å². The van der Waals surface area contributed by atoms with Gasteiger partial charge < -0.3 is 4.90 Å². The quantitative estimate of drug-likeness (QED) is 0.754. The summed E-state index contributed by atoms with van der Waals surface area (Å²) in [6.45, 7) is 1.53. The van der Waals surface area contributed by atoms with Gasteiger partial charge in [-0.1, -0.05) is 57.9 Å². The van der Waals surface area contributed by atoms with Crippen molar-refractivity contribution in [3.05, 3.63) is 69.2 Å². The number of likely N-dealkylation sites (tertiary alicyclic amines) is 1. The van der Waals surface area contributed by atoms with Crippen LogP contribution in [0.4, 0.5) is 0 Å². The van der Waals surface area contributed by atoms with Crippen molar-refractivity contribution in [3.8, 4) is 0 Å². The molecule has 0 spiro atoms. The Hall–Kier alpha value is -1.32. The number of benzene rings is 2. The number of rotatable bonds is 2. The first-order valence-corrected chi connectivity index (χ1v) is 8.11. The standard InChI is InChI=1S/C17H15BrClNO/c18-14-6-7-16(19)15(10-14)17(21)20-9-8-13(11-20)12-4-2-1-3-5-12/h1-7,10,13H,8-9,11H2/t13-/m1/s1. The van der Waals surface area contributed by atoms with Crippen LogP contribution in [0.25, 0.3) is 0 Å². The number of nitrogens with zero attached hydrogens (tertiary/aromatic N) is 1. The summed E-state index contributed by atoms with van der Waals surface area (Å²) < 4.78 is 0.869. The Bertz CT molecular complexity index is 659. The van der Waals surface area contributed by atoms with Gasteiger partial charge in [0.05, 0.1) is 10.6 Å². The normalized spacial score (nSPS) is 18.0. The third-order valence-corrected chi connectivity index (χ3v) is 4.73. The van der Waals surface area contributed by atoms with Crippen LogP contribution in [-0.2, 0) is 0 Å². The van der Waals surface area contributed by atoms with Gasteiger partial charge in [-0.3, -0.25) is 4.79 Å². The average Bonchev–Trinajstić information content (AvgIpc) is 3.00. The van der Waals surface area contributed by atoms with Crippen molar-refractivity contribution < 1.29 is 4.79 Å². The lowest BCUT2D eigenvalue weighted by Gasteiger charge is -2.17. The molecule has 3 rings (SSSR count). The predicted molar refractivity (Wildman–Crippen MR) is 88.9 cm³/mol. The van der Waals surface area contributed by atoms with E-state index < -0.39 is 0 Å². The molecule has 2 aromatic carbocycles. The van der Waals surface area contributed by atoms with E-state index in [4.69, 9.17) is 11.6 Å². The highest BCUT2D eigenvalue weighted by atomic mass is 79.9. The first kappa shape index (κ1) is 14.6. The Morgan fingerprint density at radius 3 is 2.71 bits per heavy atom. The van der Waals surface area contributed by atoms with Gasteiger partial charge in [-0.05, 0) is 30.2 Å². The molecule has 0 radical (unpaired) electrons. The second kappa shape index (κ2) is 6.20. The zero-order valence-corrected chi connectivity index (χ0v) is 13.8. The van der Waals surface area contributed by atoms with Crippen molar-refractivity contribution in [2.75, 3.05) is 13.1 Å². The maximum Gasteiger partial charge on any atom is 0.255 e. The zero-order chi connectivity index (χ0) is 14.8. The monoisotopic (exact) mass is 363 g/mol. The van der Waals surface area contributed by atoms with E-state index in [1.54, 1.807) is 12.1 Å². The molecule has 1 aliphatic rings. The molecule has 0 aliphatic carbocycles. The first-order valence-electron chi connectivity index (χ1n) is 6.94. The summed E-state index contributed by atoms with van der Waals surface area (Å²) in [5, 5.41) is 0.506. The lowest BCUT2D eigenvalue weighted by atomic mass is 9.99. The van der Waals surface area contributed by atoms with Gasteiger partial charge in [-0.2, -0.15) is 0 Å². The van der Waals surface area contributed by atoms with Crippen LogP contribution in [0, 0.1) is 0 Å². The molecule has 1 fully saturated rings. The fraction of sp³-hybridized carbons (Fsp3) is 0.235. The largest absolute Gasteiger partial charge is 0.338 e. The van der Waals surface area contributed by atoms with Crippen molar-refractivity contribution in [2.24, 2.45) is 0 Å².